The third kappa shape index (κ3) is 6.77. The zero-order valence-electron chi connectivity index (χ0n) is 13.6. The van der Waals surface area contributed by atoms with Crippen molar-refractivity contribution < 1.29 is 21.1 Å². The quantitative estimate of drug-likeness (QED) is 0.341. The normalized spacial score (nSPS) is 9.57. The van der Waals surface area contributed by atoms with Gasteiger partial charge in [0.15, 0.2) is 0 Å². The van der Waals surface area contributed by atoms with Gasteiger partial charge in [0.05, 0.1) is 5.69 Å². The number of hydrogen-bond donors (Lipinski definition) is 0. The molecular weight excluding hydrogens is 480 g/mol. The Morgan fingerprint density at radius 2 is 1.26 bits per heavy atom. The van der Waals surface area contributed by atoms with Crippen molar-refractivity contribution in [1.29, 1.82) is 0 Å². The van der Waals surface area contributed by atoms with Gasteiger partial charge in [0, 0.05) is 5.56 Å². The van der Waals surface area contributed by atoms with Crippen molar-refractivity contribution in [3.05, 3.63) is 78.9 Å². The minimum atomic E-state index is 0. The average Bonchev–Trinajstić information content (AvgIpc) is 2.56. The molecule has 2 aromatic carbocycles. The second-order valence-corrected chi connectivity index (χ2v) is 8.02. The molecule has 3 aromatic rings. The average molecular weight is 500 g/mol. The van der Waals surface area contributed by atoms with Crippen LogP contribution in [0.4, 0.5) is 0 Å². The number of aromatic nitrogens is 1. The van der Waals surface area contributed by atoms with Crippen LogP contribution in [0.1, 0.15) is 0 Å². The summed E-state index contributed by atoms with van der Waals surface area (Å²) in [5.74, 6) is 0. The summed E-state index contributed by atoms with van der Waals surface area (Å²) in [6, 6.07) is 27.9. The van der Waals surface area contributed by atoms with E-state index in [2.05, 4.69) is 49.2 Å². The Bertz CT molecular complexity index is 627. The standard InChI is InChI=1S/C17H11N.C3H9P.Pt/c1-3-8-14(9-4-1)16-12-7-13-17(18-16)15-10-5-2-6-11-15;1-4(2)3;/h1-4,7-13H;1-3H3;/q-2;;+2. The van der Waals surface area contributed by atoms with Crippen LogP contribution in [0.2, 0.25) is 0 Å². The molecule has 1 heterocycles. The molecule has 0 radical (unpaired) electrons. The van der Waals surface area contributed by atoms with Crippen molar-refractivity contribution in [2.75, 3.05) is 20.0 Å². The molecule has 0 bridgehead atoms. The molecule has 3 rings (SSSR count). The summed E-state index contributed by atoms with van der Waals surface area (Å²) in [5, 5.41) is 0. The van der Waals surface area contributed by atoms with Gasteiger partial charge in [0.2, 0.25) is 0 Å². The minimum absolute atomic E-state index is 0. The van der Waals surface area contributed by atoms with E-state index < -0.39 is 0 Å². The van der Waals surface area contributed by atoms with Crippen LogP contribution in [0, 0.1) is 12.1 Å². The first-order valence-electron chi connectivity index (χ1n) is 7.18. The molecule has 0 amide bonds. The van der Waals surface area contributed by atoms with Crippen LogP contribution in [0.3, 0.4) is 0 Å². The second-order valence-electron chi connectivity index (χ2n) is 5.34. The van der Waals surface area contributed by atoms with Gasteiger partial charge < -0.3 is 18.2 Å². The summed E-state index contributed by atoms with van der Waals surface area (Å²) in [5.41, 5.74) is 4.10. The zero-order valence-corrected chi connectivity index (χ0v) is 16.7. The number of pyridine rings is 1. The van der Waals surface area contributed by atoms with E-state index in [1.807, 2.05) is 48.5 Å². The first-order valence-corrected chi connectivity index (χ1v) is 9.86. The van der Waals surface area contributed by atoms with Crippen molar-refractivity contribution in [1.82, 2.24) is 4.98 Å². The molecule has 0 aliphatic rings. The van der Waals surface area contributed by atoms with Crippen molar-refractivity contribution in [3.63, 3.8) is 0 Å². The summed E-state index contributed by atoms with van der Waals surface area (Å²) < 4.78 is 0. The van der Waals surface area contributed by atoms with Crippen molar-refractivity contribution in [2.24, 2.45) is 0 Å². The minimum Gasteiger partial charge on any atom is -0.358 e. The Balaban J connectivity index is 0.000000478. The Hall–Kier alpha value is -1.29. The van der Waals surface area contributed by atoms with Gasteiger partial charge in [0.1, 0.15) is 0 Å². The molecule has 1 aromatic heterocycles. The van der Waals surface area contributed by atoms with Crippen molar-refractivity contribution in [3.8, 4) is 22.5 Å². The fraction of sp³-hybridized carbons (Fsp3) is 0.150. The molecule has 0 saturated carbocycles. The molecule has 0 unspecified atom stereocenters. The SMILES string of the molecule is CP(C)C.[Pt+2].[c-]1c[c-]cc(-c2cccc(-c3ccccc3)n2)c1. The van der Waals surface area contributed by atoms with E-state index in [0.717, 1.165) is 22.5 Å². The molecule has 0 saturated heterocycles. The van der Waals surface area contributed by atoms with Crippen LogP contribution in [-0.2, 0) is 21.1 Å². The van der Waals surface area contributed by atoms with Crippen LogP contribution in [0.5, 0.6) is 0 Å². The van der Waals surface area contributed by atoms with Crippen LogP contribution in [0.15, 0.2) is 66.7 Å². The smallest absolute Gasteiger partial charge is 0.358 e. The molecule has 1 nitrogen and oxygen atoms in total. The predicted molar refractivity (Wildman–Crippen MR) is 97.5 cm³/mol. The summed E-state index contributed by atoms with van der Waals surface area (Å²) in [7, 11) is 0.380. The molecule has 0 spiro atoms. The largest absolute Gasteiger partial charge is 2.00 e. The van der Waals surface area contributed by atoms with Gasteiger partial charge >= 0.3 is 21.1 Å². The van der Waals surface area contributed by atoms with Crippen LogP contribution >= 0.6 is 7.92 Å². The zero-order chi connectivity index (χ0) is 15.8. The van der Waals surface area contributed by atoms with Crippen LogP contribution < -0.4 is 0 Å². The maximum absolute atomic E-state index is 4.67. The molecule has 120 valence electrons. The maximum atomic E-state index is 4.67. The van der Waals surface area contributed by atoms with E-state index in [1.165, 1.54) is 0 Å². The third-order valence-corrected chi connectivity index (χ3v) is 2.76. The van der Waals surface area contributed by atoms with Gasteiger partial charge in [-0.3, -0.25) is 17.1 Å². The summed E-state index contributed by atoms with van der Waals surface area (Å²) in [4.78, 5) is 4.67. The summed E-state index contributed by atoms with van der Waals surface area (Å²) in [6.45, 7) is 6.69. The van der Waals surface area contributed by atoms with E-state index in [9.17, 15) is 0 Å². The van der Waals surface area contributed by atoms with E-state index in [1.54, 1.807) is 6.07 Å². The fourth-order valence-corrected chi connectivity index (χ4v) is 1.87. The van der Waals surface area contributed by atoms with E-state index in [0.29, 0.717) is 7.92 Å². The Labute approximate surface area is 155 Å². The van der Waals surface area contributed by atoms with Gasteiger partial charge in [-0.05, 0) is 31.8 Å². The monoisotopic (exact) mass is 500 g/mol. The van der Waals surface area contributed by atoms with E-state index in [4.69, 9.17) is 0 Å². The van der Waals surface area contributed by atoms with E-state index in [-0.39, 0.29) is 21.1 Å². The van der Waals surface area contributed by atoms with E-state index >= 15 is 0 Å². The van der Waals surface area contributed by atoms with Crippen molar-refractivity contribution >= 4 is 7.92 Å². The molecule has 0 fully saturated rings. The second kappa shape index (κ2) is 10.5. The first kappa shape index (κ1) is 19.8. The number of rotatable bonds is 2. The molecule has 3 heteroatoms. The fourth-order valence-electron chi connectivity index (χ4n) is 1.87. The number of benzene rings is 2. The molecule has 0 N–H and O–H groups in total. The van der Waals surface area contributed by atoms with Gasteiger partial charge in [-0.15, -0.1) is 7.92 Å². The molecule has 0 aliphatic carbocycles. The van der Waals surface area contributed by atoms with Gasteiger partial charge in [-0.1, -0.05) is 42.5 Å². The number of hydrogen-bond acceptors (Lipinski definition) is 1. The van der Waals surface area contributed by atoms with Gasteiger partial charge in [-0.2, -0.15) is 0 Å². The molecule has 0 aliphatic heterocycles. The van der Waals surface area contributed by atoms with Gasteiger partial charge in [-0.25, -0.2) is 5.56 Å². The third-order valence-electron chi connectivity index (χ3n) is 2.76. The molecule has 23 heavy (non-hydrogen) atoms. The summed E-state index contributed by atoms with van der Waals surface area (Å²) in [6.07, 6.45) is 0. The molecular formula is C20H20NPPt. The maximum Gasteiger partial charge on any atom is 2.00 e. The topological polar surface area (TPSA) is 12.9 Å². The summed E-state index contributed by atoms with van der Waals surface area (Å²) >= 11 is 0. The number of nitrogens with zero attached hydrogens (tertiary/aromatic N) is 1. The van der Waals surface area contributed by atoms with Gasteiger partial charge in [0.25, 0.3) is 0 Å². The van der Waals surface area contributed by atoms with Crippen LogP contribution in [0.25, 0.3) is 22.5 Å². The van der Waals surface area contributed by atoms with Crippen molar-refractivity contribution in [2.45, 2.75) is 0 Å². The Morgan fingerprint density at radius 1 is 0.739 bits per heavy atom. The predicted octanol–water partition coefficient (Wildman–Crippen LogP) is 5.37. The molecule has 0 atom stereocenters. The van der Waals surface area contributed by atoms with Crippen LogP contribution in [-0.4, -0.2) is 25.0 Å². The first-order chi connectivity index (χ1) is 10.7. The Morgan fingerprint density at radius 3 is 1.83 bits per heavy atom. The Kier molecular flexibility index (Phi) is 9.00.